The summed E-state index contributed by atoms with van der Waals surface area (Å²) in [6, 6.07) is 13.8. The van der Waals surface area contributed by atoms with Crippen LogP contribution in [-0.2, 0) is 19.1 Å². The van der Waals surface area contributed by atoms with Gasteiger partial charge in [0.1, 0.15) is 22.5 Å². The van der Waals surface area contributed by atoms with Crippen LogP contribution in [0.5, 0.6) is 11.5 Å². The SMILES string of the molecule is CCCCCC(C)(OC(=O)COc1ccc(Cl)c2cccnc12)OC(=O)COc1ccc(Cl)c2cccnc12. The van der Waals surface area contributed by atoms with Crippen molar-refractivity contribution in [3.8, 4) is 11.5 Å². The molecule has 0 bridgehead atoms. The maximum Gasteiger partial charge on any atom is 0.347 e. The van der Waals surface area contributed by atoms with Crippen LogP contribution >= 0.6 is 23.2 Å². The van der Waals surface area contributed by atoms with Gasteiger partial charge in [0.2, 0.25) is 0 Å². The van der Waals surface area contributed by atoms with E-state index in [1.54, 1.807) is 55.7 Å². The molecule has 2 heterocycles. The maximum atomic E-state index is 12.8. The number of pyridine rings is 2. The highest BCUT2D eigenvalue weighted by Crippen LogP contribution is 2.31. The lowest BCUT2D eigenvalue weighted by molar-refractivity contribution is -0.227. The average molecular weight is 571 g/mol. The van der Waals surface area contributed by atoms with E-state index >= 15 is 0 Å². The standard InChI is InChI=1S/C29H28Cl2N2O6/c1-3-4-5-14-29(2,38-25(34)17-36-23-12-10-21(30)19-8-6-15-32-27(19)23)39-26(35)18-37-24-13-11-22(31)20-9-7-16-33-28(20)24/h6-13,15-16H,3-5,14,17-18H2,1-2H3. The van der Waals surface area contributed by atoms with Gasteiger partial charge in [-0.1, -0.05) is 43.0 Å². The molecule has 0 saturated heterocycles. The molecule has 0 amide bonds. The van der Waals surface area contributed by atoms with E-state index in [0.29, 0.717) is 56.2 Å². The fraction of sp³-hybridized carbons (Fsp3) is 0.310. The lowest BCUT2D eigenvalue weighted by atomic mass is 10.1. The number of ether oxygens (including phenoxy) is 4. The Bertz CT molecular complexity index is 1380. The highest BCUT2D eigenvalue weighted by atomic mass is 35.5. The van der Waals surface area contributed by atoms with Crippen molar-refractivity contribution in [1.29, 1.82) is 0 Å². The molecule has 0 aliphatic carbocycles. The number of nitrogens with zero attached hydrogens (tertiary/aromatic N) is 2. The predicted molar refractivity (Wildman–Crippen MR) is 149 cm³/mol. The fourth-order valence-corrected chi connectivity index (χ4v) is 4.52. The topological polar surface area (TPSA) is 96.8 Å². The van der Waals surface area contributed by atoms with E-state index in [9.17, 15) is 9.59 Å². The second-order valence-corrected chi connectivity index (χ2v) is 9.82. The summed E-state index contributed by atoms with van der Waals surface area (Å²) >= 11 is 12.5. The highest BCUT2D eigenvalue weighted by molar-refractivity contribution is 6.36. The summed E-state index contributed by atoms with van der Waals surface area (Å²) in [6.07, 6.45) is 6.04. The molecule has 10 heteroatoms. The molecule has 2 aromatic heterocycles. The number of rotatable bonds is 12. The molecule has 0 radical (unpaired) electrons. The minimum absolute atomic E-state index is 0.315. The second kappa shape index (κ2) is 13.0. The first kappa shape index (κ1) is 28.4. The number of benzene rings is 2. The first-order valence-corrected chi connectivity index (χ1v) is 13.3. The molecular weight excluding hydrogens is 543 g/mol. The highest BCUT2D eigenvalue weighted by Gasteiger charge is 2.33. The number of carbonyl (C=O) groups is 2. The van der Waals surface area contributed by atoms with E-state index in [4.69, 9.17) is 42.1 Å². The van der Waals surface area contributed by atoms with Crippen molar-refractivity contribution in [3.63, 3.8) is 0 Å². The number of hydrogen-bond donors (Lipinski definition) is 0. The minimum Gasteiger partial charge on any atom is -0.480 e. The van der Waals surface area contributed by atoms with Crippen molar-refractivity contribution in [3.05, 3.63) is 71.0 Å². The van der Waals surface area contributed by atoms with Crippen molar-refractivity contribution in [2.45, 2.75) is 45.3 Å². The Labute approximate surface area is 236 Å². The average Bonchev–Trinajstić information content (AvgIpc) is 2.93. The summed E-state index contributed by atoms with van der Waals surface area (Å²) < 4.78 is 22.6. The third-order valence-electron chi connectivity index (χ3n) is 5.94. The molecule has 0 aliphatic rings. The van der Waals surface area contributed by atoms with Crippen LogP contribution in [0.1, 0.15) is 39.5 Å². The van der Waals surface area contributed by atoms with Gasteiger partial charge in [-0.3, -0.25) is 9.97 Å². The molecule has 8 nitrogen and oxygen atoms in total. The molecule has 204 valence electrons. The van der Waals surface area contributed by atoms with Crippen LogP contribution in [0.2, 0.25) is 10.0 Å². The van der Waals surface area contributed by atoms with Gasteiger partial charge in [-0.05, 0) is 55.0 Å². The number of carbonyl (C=O) groups excluding carboxylic acids is 2. The Balaban J connectivity index is 1.40. The Morgan fingerprint density at radius 1 is 0.769 bits per heavy atom. The van der Waals surface area contributed by atoms with E-state index in [1.807, 2.05) is 19.1 Å². The smallest absolute Gasteiger partial charge is 0.347 e. The van der Waals surface area contributed by atoms with Gasteiger partial charge in [0, 0.05) is 36.5 Å². The molecule has 39 heavy (non-hydrogen) atoms. The van der Waals surface area contributed by atoms with Gasteiger partial charge in [0.15, 0.2) is 13.2 Å². The molecule has 0 unspecified atom stereocenters. The van der Waals surface area contributed by atoms with Crippen molar-refractivity contribution in [2.75, 3.05) is 13.2 Å². The van der Waals surface area contributed by atoms with Crippen molar-refractivity contribution in [2.24, 2.45) is 0 Å². The Kier molecular flexibility index (Phi) is 9.43. The summed E-state index contributed by atoms with van der Waals surface area (Å²) in [4.78, 5) is 34.1. The Hall–Kier alpha value is -3.62. The number of unbranched alkanes of at least 4 members (excludes halogenated alkanes) is 2. The predicted octanol–water partition coefficient (Wildman–Crippen LogP) is 6.93. The van der Waals surface area contributed by atoms with Gasteiger partial charge in [0.25, 0.3) is 5.79 Å². The fourth-order valence-electron chi connectivity index (χ4n) is 4.09. The van der Waals surface area contributed by atoms with Crippen LogP contribution in [0.25, 0.3) is 21.8 Å². The quantitative estimate of drug-likeness (QED) is 0.103. The molecule has 0 saturated carbocycles. The summed E-state index contributed by atoms with van der Waals surface area (Å²) in [5.41, 5.74) is 1.05. The molecule has 2 aromatic carbocycles. The summed E-state index contributed by atoms with van der Waals surface area (Å²) in [5.74, 6) is -2.14. The van der Waals surface area contributed by atoms with Crippen molar-refractivity contribution >= 4 is 56.9 Å². The van der Waals surface area contributed by atoms with E-state index < -0.39 is 30.9 Å². The van der Waals surface area contributed by atoms with Crippen LogP contribution < -0.4 is 9.47 Å². The summed E-state index contributed by atoms with van der Waals surface area (Å²) in [6.45, 7) is 2.78. The number of aromatic nitrogens is 2. The summed E-state index contributed by atoms with van der Waals surface area (Å²) in [5, 5.41) is 2.44. The molecule has 0 fully saturated rings. The maximum absolute atomic E-state index is 12.8. The Morgan fingerprint density at radius 3 is 1.72 bits per heavy atom. The van der Waals surface area contributed by atoms with Gasteiger partial charge in [-0.15, -0.1) is 0 Å². The molecule has 0 aliphatic heterocycles. The van der Waals surface area contributed by atoms with Gasteiger partial charge >= 0.3 is 11.9 Å². The zero-order valence-electron chi connectivity index (χ0n) is 21.6. The zero-order chi connectivity index (χ0) is 27.8. The second-order valence-electron chi connectivity index (χ2n) is 9.01. The third-order valence-corrected chi connectivity index (χ3v) is 6.60. The lowest BCUT2D eigenvalue weighted by Crippen LogP contribution is -2.39. The van der Waals surface area contributed by atoms with Crippen molar-refractivity contribution in [1.82, 2.24) is 9.97 Å². The lowest BCUT2D eigenvalue weighted by Gasteiger charge is -2.29. The molecular formula is C29H28Cl2N2O6. The Morgan fingerprint density at radius 2 is 1.26 bits per heavy atom. The van der Waals surface area contributed by atoms with E-state index in [1.165, 1.54) is 0 Å². The van der Waals surface area contributed by atoms with Gasteiger partial charge in [0.05, 0.1) is 10.0 Å². The normalized spacial score (nSPS) is 11.4. The number of halogens is 2. The van der Waals surface area contributed by atoms with E-state index in [0.717, 1.165) is 12.8 Å². The molecule has 0 spiro atoms. The first-order chi connectivity index (χ1) is 18.8. The van der Waals surface area contributed by atoms with Crippen LogP contribution in [0.3, 0.4) is 0 Å². The van der Waals surface area contributed by atoms with Crippen LogP contribution in [-0.4, -0.2) is 40.9 Å². The third kappa shape index (κ3) is 7.28. The monoisotopic (exact) mass is 570 g/mol. The molecule has 4 rings (SSSR count). The molecule has 0 N–H and O–H groups in total. The molecule has 0 atom stereocenters. The summed E-state index contributed by atoms with van der Waals surface area (Å²) in [7, 11) is 0. The van der Waals surface area contributed by atoms with Crippen LogP contribution in [0.4, 0.5) is 0 Å². The van der Waals surface area contributed by atoms with Crippen LogP contribution in [0.15, 0.2) is 60.9 Å². The molecule has 4 aromatic rings. The number of esters is 2. The minimum atomic E-state index is -1.50. The van der Waals surface area contributed by atoms with Crippen molar-refractivity contribution < 1.29 is 28.5 Å². The number of hydrogen-bond acceptors (Lipinski definition) is 8. The largest absolute Gasteiger partial charge is 0.480 e. The number of fused-ring (bicyclic) bond motifs is 2. The zero-order valence-corrected chi connectivity index (χ0v) is 23.1. The van der Waals surface area contributed by atoms with Gasteiger partial charge in [-0.25, -0.2) is 9.59 Å². The van der Waals surface area contributed by atoms with Crippen LogP contribution in [0, 0.1) is 0 Å². The van der Waals surface area contributed by atoms with E-state index in [2.05, 4.69) is 9.97 Å². The van der Waals surface area contributed by atoms with Gasteiger partial charge < -0.3 is 18.9 Å². The van der Waals surface area contributed by atoms with Gasteiger partial charge in [-0.2, -0.15) is 0 Å². The van der Waals surface area contributed by atoms with E-state index in [-0.39, 0.29) is 0 Å². The first-order valence-electron chi connectivity index (χ1n) is 12.6.